The Morgan fingerprint density at radius 1 is 1.44 bits per heavy atom. The van der Waals surface area contributed by atoms with Crippen molar-refractivity contribution < 1.29 is 0 Å². The smallest absolute Gasteiger partial charge is 0.0658 e. The largest absolute Gasteiger partial charge is 0.316 e. The van der Waals surface area contributed by atoms with Gasteiger partial charge < -0.3 is 10.2 Å². The number of aromatic nitrogens is 2. The Labute approximate surface area is 96.6 Å². The van der Waals surface area contributed by atoms with E-state index in [-0.39, 0.29) is 0 Å². The van der Waals surface area contributed by atoms with Crippen LogP contribution in [0.25, 0.3) is 0 Å². The van der Waals surface area contributed by atoms with E-state index in [9.17, 15) is 0 Å². The summed E-state index contributed by atoms with van der Waals surface area (Å²) in [5, 5.41) is 7.95. The van der Waals surface area contributed by atoms with Gasteiger partial charge in [-0.3, -0.25) is 4.68 Å². The van der Waals surface area contributed by atoms with Crippen LogP contribution in [-0.4, -0.2) is 47.9 Å². The summed E-state index contributed by atoms with van der Waals surface area (Å²) in [6, 6.07) is 0.591. The molecule has 1 aromatic heterocycles. The van der Waals surface area contributed by atoms with Crippen molar-refractivity contribution in [2.75, 3.05) is 33.2 Å². The van der Waals surface area contributed by atoms with Gasteiger partial charge in [0, 0.05) is 25.2 Å². The summed E-state index contributed by atoms with van der Waals surface area (Å²) in [4.78, 5) is 2.38. The second-order valence-corrected chi connectivity index (χ2v) is 5.15. The first-order valence-corrected chi connectivity index (χ1v) is 6.26. The molecule has 1 aromatic rings. The molecule has 88 valence electrons. The first-order chi connectivity index (χ1) is 7.83. The minimum absolute atomic E-state index is 0.591. The van der Waals surface area contributed by atoms with E-state index in [4.69, 9.17) is 0 Å². The van der Waals surface area contributed by atoms with E-state index in [2.05, 4.69) is 39.4 Å². The van der Waals surface area contributed by atoms with E-state index in [1.54, 1.807) is 0 Å². The lowest BCUT2D eigenvalue weighted by Crippen LogP contribution is -2.16. The monoisotopic (exact) mass is 220 g/mol. The van der Waals surface area contributed by atoms with Crippen molar-refractivity contribution in [1.29, 1.82) is 0 Å². The van der Waals surface area contributed by atoms with Gasteiger partial charge in [0.25, 0.3) is 0 Å². The highest BCUT2D eigenvalue weighted by Crippen LogP contribution is 2.25. The van der Waals surface area contributed by atoms with E-state index in [1.165, 1.54) is 24.9 Å². The van der Waals surface area contributed by atoms with E-state index < -0.39 is 0 Å². The fraction of sp³-hybridized carbons (Fsp3) is 0.750. The Morgan fingerprint density at radius 2 is 2.38 bits per heavy atom. The Morgan fingerprint density at radius 3 is 3.06 bits per heavy atom. The number of hydrogen-bond donors (Lipinski definition) is 1. The molecule has 2 aliphatic heterocycles. The molecular formula is C12H20N4. The summed E-state index contributed by atoms with van der Waals surface area (Å²) in [5.74, 6) is 0.688. The molecule has 16 heavy (non-hydrogen) atoms. The van der Waals surface area contributed by atoms with Crippen molar-refractivity contribution in [3.05, 3.63) is 18.0 Å². The molecule has 0 radical (unpaired) electrons. The molecule has 2 unspecified atom stereocenters. The molecule has 2 saturated heterocycles. The minimum atomic E-state index is 0.591. The molecular weight excluding hydrogens is 200 g/mol. The first kappa shape index (κ1) is 10.3. The van der Waals surface area contributed by atoms with Crippen LogP contribution in [0, 0.1) is 0 Å². The van der Waals surface area contributed by atoms with Crippen molar-refractivity contribution in [2.24, 2.45) is 0 Å². The molecule has 2 aliphatic rings. The number of rotatable bonds is 2. The summed E-state index contributed by atoms with van der Waals surface area (Å²) in [5.41, 5.74) is 1.42. The lowest BCUT2D eigenvalue weighted by Gasteiger charge is -2.11. The van der Waals surface area contributed by atoms with Crippen LogP contribution in [0.3, 0.4) is 0 Å². The van der Waals surface area contributed by atoms with Crippen LogP contribution in [0.2, 0.25) is 0 Å². The van der Waals surface area contributed by atoms with Gasteiger partial charge in [-0.15, -0.1) is 0 Å². The van der Waals surface area contributed by atoms with Gasteiger partial charge in [-0.25, -0.2) is 0 Å². The zero-order chi connectivity index (χ0) is 11.0. The molecule has 2 atom stereocenters. The average molecular weight is 220 g/mol. The Kier molecular flexibility index (Phi) is 2.69. The molecule has 0 aromatic carbocycles. The van der Waals surface area contributed by atoms with Gasteiger partial charge >= 0.3 is 0 Å². The van der Waals surface area contributed by atoms with Crippen molar-refractivity contribution in [3.8, 4) is 0 Å². The minimum Gasteiger partial charge on any atom is -0.316 e. The zero-order valence-electron chi connectivity index (χ0n) is 9.89. The quantitative estimate of drug-likeness (QED) is 0.801. The Bertz CT molecular complexity index is 354. The summed E-state index contributed by atoms with van der Waals surface area (Å²) in [7, 11) is 2.19. The van der Waals surface area contributed by atoms with Gasteiger partial charge in [0.15, 0.2) is 0 Å². The van der Waals surface area contributed by atoms with Crippen molar-refractivity contribution in [3.63, 3.8) is 0 Å². The molecule has 1 N–H and O–H groups in total. The van der Waals surface area contributed by atoms with Crippen LogP contribution in [0.15, 0.2) is 12.4 Å². The molecule has 3 rings (SSSR count). The maximum Gasteiger partial charge on any atom is 0.0658 e. The highest BCUT2D eigenvalue weighted by Gasteiger charge is 2.23. The molecule has 4 nitrogen and oxygen atoms in total. The Hall–Kier alpha value is -0.870. The van der Waals surface area contributed by atoms with Crippen molar-refractivity contribution in [1.82, 2.24) is 20.0 Å². The van der Waals surface area contributed by atoms with Crippen LogP contribution in [0.5, 0.6) is 0 Å². The number of nitrogens with one attached hydrogen (secondary N) is 1. The van der Waals surface area contributed by atoms with Gasteiger partial charge in [0.1, 0.15) is 0 Å². The highest BCUT2D eigenvalue weighted by molar-refractivity contribution is 5.14. The molecule has 4 heteroatoms. The normalized spacial score (nSPS) is 31.3. The maximum absolute atomic E-state index is 4.54. The van der Waals surface area contributed by atoms with Gasteiger partial charge in [-0.2, -0.15) is 5.10 Å². The molecule has 2 fully saturated rings. The maximum atomic E-state index is 4.54. The SMILES string of the molecule is CN1CCC(n2cc(C3CCNC3)cn2)C1. The van der Waals surface area contributed by atoms with Crippen LogP contribution < -0.4 is 5.32 Å². The molecule has 3 heterocycles. The third-order valence-corrected chi connectivity index (χ3v) is 3.89. The van der Waals surface area contributed by atoms with Gasteiger partial charge in [0.05, 0.1) is 12.2 Å². The lowest BCUT2D eigenvalue weighted by molar-refractivity contribution is 0.382. The van der Waals surface area contributed by atoms with Crippen molar-refractivity contribution in [2.45, 2.75) is 24.8 Å². The van der Waals surface area contributed by atoms with E-state index >= 15 is 0 Å². The van der Waals surface area contributed by atoms with Gasteiger partial charge in [-0.05, 0) is 38.5 Å². The fourth-order valence-corrected chi connectivity index (χ4v) is 2.83. The highest BCUT2D eigenvalue weighted by atomic mass is 15.3. The summed E-state index contributed by atoms with van der Waals surface area (Å²) < 4.78 is 2.18. The zero-order valence-corrected chi connectivity index (χ0v) is 9.89. The van der Waals surface area contributed by atoms with E-state index in [1.807, 2.05) is 0 Å². The summed E-state index contributed by atoms with van der Waals surface area (Å²) in [6.45, 7) is 4.62. The second kappa shape index (κ2) is 4.18. The average Bonchev–Trinajstić information content (AvgIpc) is 2.97. The van der Waals surface area contributed by atoms with Gasteiger partial charge in [-0.1, -0.05) is 0 Å². The third-order valence-electron chi connectivity index (χ3n) is 3.89. The number of likely N-dealkylation sites (N-methyl/N-ethyl adjacent to an activating group) is 1. The number of nitrogens with zero attached hydrogens (tertiary/aromatic N) is 3. The molecule has 0 amide bonds. The summed E-state index contributed by atoms with van der Waals surface area (Å²) >= 11 is 0. The number of hydrogen-bond acceptors (Lipinski definition) is 3. The lowest BCUT2D eigenvalue weighted by atomic mass is 10.0. The first-order valence-electron chi connectivity index (χ1n) is 6.26. The van der Waals surface area contributed by atoms with Crippen LogP contribution in [0.4, 0.5) is 0 Å². The molecule has 0 spiro atoms. The van der Waals surface area contributed by atoms with E-state index in [0.717, 1.165) is 19.6 Å². The van der Waals surface area contributed by atoms with E-state index in [0.29, 0.717) is 12.0 Å². The standard InChI is InChI=1S/C12H20N4/c1-15-5-3-12(9-15)16-8-11(7-14-16)10-2-4-13-6-10/h7-8,10,12-13H,2-6,9H2,1H3. The van der Waals surface area contributed by atoms with Crippen LogP contribution in [0.1, 0.15) is 30.4 Å². The van der Waals surface area contributed by atoms with Gasteiger partial charge in [0.2, 0.25) is 0 Å². The topological polar surface area (TPSA) is 33.1 Å². The molecule has 0 saturated carbocycles. The number of likely N-dealkylation sites (tertiary alicyclic amines) is 1. The van der Waals surface area contributed by atoms with Crippen molar-refractivity contribution >= 4 is 0 Å². The Balaban J connectivity index is 1.72. The fourth-order valence-electron chi connectivity index (χ4n) is 2.83. The molecule has 0 bridgehead atoms. The predicted octanol–water partition coefficient (Wildman–Crippen LogP) is 0.837. The predicted molar refractivity (Wildman–Crippen MR) is 63.6 cm³/mol. The second-order valence-electron chi connectivity index (χ2n) is 5.15. The van der Waals surface area contributed by atoms with Crippen LogP contribution in [-0.2, 0) is 0 Å². The van der Waals surface area contributed by atoms with Crippen LogP contribution >= 0.6 is 0 Å². The summed E-state index contributed by atoms with van der Waals surface area (Å²) in [6.07, 6.45) is 6.83. The third kappa shape index (κ3) is 1.87. The molecule has 0 aliphatic carbocycles.